The zero-order chi connectivity index (χ0) is 15.7. The highest BCUT2D eigenvalue weighted by Gasteiger charge is 2.17. The Hall–Kier alpha value is -2.11. The number of nitrogens with zero attached hydrogens (tertiary/aromatic N) is 1. The predicted octanol–water partition coefficient (Wildman–Crippen LogP) is 4.74. The molecule has 0 aliphatic carbocycles. The average molecular weight is 360 g/mol. The van der Waals surface area contributed by atoms with Gasteiger partial charge in [-0.3, -0.25) is 0 Å². The Morgan fingerprint density at radius 1 is 1.23 bits per heavy atom. The molecule has 0 aliphatic rings. The highest BCUT2D eigenvalue weighted by molar-refractivity contribution is 9.10. The van der Waals surface area contributed by atoms with Crippen LogP contribution in [-0.2, 0) is 11.3 Å². The van der Waals surface area contributed by atoms with E-state index in [-0.39, 0.29) is 0 Å². The number of ether oxygens (including phenoxy) is 1. The third kappa shape index (κ3) is 2.53. The second-order valence-corrected chi connectivity index (χ2v) is 5.86. The van der Waals surface area contributed by atoms with Crippen LogP contribution in [0, 0.1) is 0 Å². The molecule has 0 radical (unpaired) electrons. The Morgan fingerprint density at radius 3 is 2.73 bits per heavy atom. The van der Waals surface area contributed by atoms with Crippen LogP contribution in [0.1, 0.15) is 5.56 Å². The minimum Gasteiger partial charge on any atom is -0.464 e. The standard InChI is InChI=1S/C17H14BrNO3/c1-22-10-12-4-2-3-5-14(12)16-8-11-6-7-13(18)9-15(11)19(16)17(20)21/h2-9H,10H2,1H3,(H,20,21). The smallest absolute Gasteiger partial charge is 0.416 e. The SMILES string of the molecule is COCc1ccccc1-c1cc2ccc(Br)cc2n1C(=O)O. The van der Waals surface area contributed by atoms with Crippen LogP contribution < -0.4 is 0 Å². The van der Waals surface area contributed by atoms with Crippen LogP contribution in [0.4, 0.5) is 4.79 Å². The van der Waals surface area contributed by atoms with E-state index in [0.29, 0.717) is 17.8 Å². The number of fused-ring (bicyclic) bond motifs is 1. The first kappa shape index (κ1) is 14.8. The van der Waals surface area contributed by atoms with Gasteiger partial charge in [0.15, 0.2) is 0 Å². The Labute approximate surface area is 136 Å². The number of halogens is 1. The molecule has 0 spiro atoms. The molecule has 0 saturated heterocycles. The monoisotopic (exact) mass is 359 g/mol. The van der Waals surface area contributed by atoms with E-state index in [9.17, 15) is 9.90 Å². The lowest BCUT2D eigenvalue weighted by atomic mass is 10.0. The molecular weight excluding hydrogens is 346 g/mol. The van der Waals surface area contributed by atoms with Gasteiger partial charge in [-0.1, -0.05) is 46.3 Å². The normalized spacial score (nSPS) is 11.0. The highest BCUT2D eigenvalue weighted by atomic mass is 79.9. The number of carbonyl (C=O) groups is 1. The molecule has 0 bridgehead atoms. The van der Waals surface area contributed by atoms with Crippen molar-refractivity contribution in [1.29, 1.82) is 0 Å². The van der Waals surface area contributed by atoms with Crippen molar-refractivity contribution in [3.05, 3.63) is 58.6 Å². The van der Waals surface area contributed by atoms with E-state index in [0.717, 1.165) is 21.0 Å². The number of methoxy groups -OCH3 is 1. The summed E-state index contributed by atoms with van der Waals surface area (Å²) in [7, 11) is 1.63. The summed E-state index contributed by atoms with van der Waals surface area (Å²) in [6, 6.07) is 15.2. The molecule has 0 amide bonds. The van der Waals surface area contributed by atoms with Crippen LogP contribution in [0.5, 0.6) is 0 Å². The van der Waals surface area contributed by atoms with Gasteiger partial charge in [-0.25, -0.2) is 9.36 Å². The molecule has 0 unspecified atom stereocenters. The minimum absolute atomic E-state index is 0.432. The third-order valence-corrected chi connectivity index (χ3v) is 4.04. The fourth-order valence-electron chi connectivity index (χ4n) is 2.63. The van der Waals surface area contributed by atoms with Crippen molar-refractivity contribution in [2.45, 2.75) is 6.61 Å². The predicted molar refractivity (Wildman–Crippen MR) is 89.2 cm³/mol. The molecule has 1 aromatic heterocycles. The minimum atomic E-state index is -1.00. The van der Waals surface area contributed by atoms with E-state index in [1.165, 1.54) is 4.57 Å². The lowest BCUT2D eigenvalue weighted by Crippen LogP contribution is -2.09. The van der Waals surface area contributed by atoms with Gasteiger partial charge in [0.1, 0.15) is 0 Å². The quantitative estimate of drug-likeness (QED) is 0.734. The molecule has 0 atom stereocenters. The summed E-state index contributed by atoms with van der Waals surface area (Å²) in [5.41, 5.74) is 3.12. The fourth-order valence-corrected chi connectivity index (χ4v) is 2.98. The molecule has 4 nitrogen and oxygen atoms in total. The number of rotatable bonds is 3. The number of benzene rings is 2. The van der Waals surface area contributed by atoms with Crippen LogP contribution in [0.15, 0.2) is 53.0 Å². The first-order valence-corrected chi connectivity index (χ1v) is 7.52. The van der Waals surface area contributed by atoms with E-state index in [1.54, 1.807) is 7.11 Å². The molecule has 0 fully saturated rings. The first-order chi connectivity index (χ1) is 10.6. The molecule has 3 aromatic rings. The Morgan fingerprint density at radius 2 is 2.00 bits per heavy atom. The van der Waals surface area contributed by atoms with Gasteiger partial charge in [0, 0.05) is 22.5 Å². The largest absolute Gasteiger partial charge is 0.464 e. The summed E-state index contributed by atoms with van der Waals surface area (Å²) in [6.45, 7) is 0.432. The van der Waals surface area contributed by atoms with Crippen molar-refractivity contribution in [2.75, 3.05) is 7.11 Å². The number of hydrogen-bond donors (Lipinski definition) is 1. The van der Waals surface area contributed by atoms with E-state index in [4.69, 9.17) is 4.74 Å². The molecular formula is C17H14BrNO3. The third-order valence-electron chi connectivity index (χ3n) is 3.55. The van der Waals surface area contributed by atoms with Gasteiger partial charge in [0.2, 0.25) is 0 Å². The Balaban J connectivity index is 2.31. The van der Waals surface area contributed by atoms with Crippen molar-refractivity contribution in [1.82, 2.24) is 4.57 Å². The highest BCUT2D eigenvalue weighted by Crippen LogP contribution is 2.32. The van der Waals surface area contributed by atoms with Crippen LogP contribution in [0.25, 0.3) is 22.2 Å². The molecule has 0 saturated carbocycles. The van der Waals surface area contributed by atoms with Gasteiger partial charge in [-0.15, -0.1) is 0 Å². The van der Waals surface area contributed by atoms with E-state index >= 15 is 0 Å². The molecule has 2 aromatic carbocycles. The van der Waals surface area contributed by atoms with Gasteiger partial charge < -0.3 is 9.84 Å². The van der Waals surface area contributed by atoms with Crippen LogP contribution in [-0.4, -0.2) is 22.9 Å². The summed E-state index contributed by atoms with van der Waals surface area (Å²) in [5.74, 6) is 0. The van der Waals surface area contributed by atoms with Crippen LogP contribution in [0.2, 0.25) is 0 Å². The zero-order valence-corrected chi connectivity index (χ0v) is 13.5. The molecule has 1 N–H and O–H groups in total. The molecule has 22 heavy (non-hydrogen) atoms. The summed E-state index contributed by atoms with van der Waals surface area (Å²) in [5, 5.41) is 10.5. The summed E-state index contributed by atoms with van der Waals surface area (Å²) in [4.78, 5) is 11.8. The van der Waals surface area contributed by atoms with Gasteiger partial charge in [-0.05, 0) is 23.8 Å². The van der Waals surface area contributed by atoms with Gasteiger partial charge in [0.25, 0.3) is 0 Å². The van der Waals surface area contributed by atoms with Crippen molar-refractivity contribution < 1.29 is 14.6 Å². The number of aromatic nitrogens is 1. The molecule has 3 rings (SSSR count). The topological polar surface area (TPSA) is 51.5 Å². The zero-order valence-electron chi connectivity index (χ0n) is 11.9. The number of hydrogen-bond acceptors (Lipinski definition) is 2. The second kappa shape index (κ2) is 5.94. The van der Waals surface area contributed by atoms with E-state index in [2.05, 4.69) is 15.9 Å². The first-order valence-electron chi connectivity index (χ1n) is 6.73. The van der Waals surface area contributed by atoms with Crippen molar-refractivity contribution in [2.24, 2.45) is 0 Å². The Bertz CT molecular complexity index is 854. The maximum absolute atomic E-state index is 11.8. The average Bonchev–Trinajstić information content (AvgIpc) is 2.86. The Kier molecular flexibility index (Phi) is 4.00. The van der Waals surface area contributed by atoms with Gasteiger partial charge in [-0.2, -0.15) is 0 Å². The van der Waals surface area contributed by atoms with Gasteiger partial charge in [0.05, 0.1) is 17.8 Å². The summed E-state index contributed by atoms with van der Waals surface area (Å²) in [6.07, 6.45) is -1.00. The molecule has 5 heteroatoms. The van der Waals surface area contributed by atoms with E-state index < -0.39 is 6.09 Å². The van der Waals surface area contributed by atoms with Crippen LogP contribution >= 0.6 is 15.9 Å². The summed E-state index contributed by atoms with van der Waals surface area (Å²) < 4.78 is 7.38. The van der Waals surface area contributed by atoms with Crippen molar-refractivity contribution >= 4 is 32.9 Å². The lowest BCUT2D eigenvalue weighted by molar-refractivity contribution is 0.185. The maximum atomic E-state index is 11.8. The second-order valence-electron chi connectivity index (χ2n) is 4.94. The number of carboxylic acid groups (broad SMARTS) is 1. The summed E-state index contributed by atoms with van der Waals surface area (Å²) >= 11 is 3.39. The van der Waals surface area contributed by atoms with Crippen LogP contribution in [0.3, 0.4) is 0 Å². The van der Waals surface area contributed by atoms with Crippen molar-refractivity contribution in [3.8, 4) is 11.3 Å². The molecule has 0 aliphatic heterocycles. The van der Waals surface area contributed by atoms with Crippen molar-refractivity contribution in [3.63, 3.8) is 0 Å². The fraction of sp³-hybridized carbons (Fsp3) is 0.118. The van der Waals surface area contributed by atoms with E-state index in [1.807, 2.05) is 48.5 Å². The van der Waals surface area contributed by atoms with Gasteiger partial charge >= 0.3 is 6.09 Å². The molecule has 1 heterocycles. The molecule has 112 valence electrons. The maximum Gasteiger partial charge on any atom is 0.416 e. The lowest BCUT2D eigenvalue weighted by Gasteiger charge is -2.10.